The Bertz CT molecular complexity index is 1240. The van der Waals surface area contributed by atoms with Crippen molar-refractivity contribution >= 4 is 40.6 Å². The van der Waals surface area contributed by atoms with Gasteiger partial charge in [0.25, 0.3) is 0 Å². The monoisotopic (exact) mass is 484 g/mol. The van der Waals surface area contributed by atoms with Crippen LogP contribution in [0.1, 0.15) is 36.9 Å². The smallest absolute Gasteiger partial charge is 0.229 e. The third-order valence-corrected chi connectivity index (χ3v) is 6.77. The molecule has 0 saturated carbocycles. The lowest BCUT2D eigenvalue weighted by Gasteiger charge is -2.28. The number of carbonyl (C=O) groups excluding carboxylic acids is 2. The van der Waals surface area contributed by atoms with Gasteiger partial charge in [-0.1, -0.05) is 17.7 Å². The van der Waals surface area contributed by atoms with Crippen molar-refractivity contribution in [2.75, 3.05) is 40.1 Å². The molecule has 1 atom stereocenters. The molecule has 186 valence electrons. The summed E-state index contributed by atoms with van der Waals surface area (Å²) in [6.07, 6.45) is 3.87. The van der Waals surface area contributed by atoms with Crippen LogP contribution >= 0.6 is 0 Å². The molecule has 2 fully saturated rings. The van der Waals surface area contributed by atoms with Crippen LogP contribution in [0.25, 0.3) is 0 Å². The lowest BCUT2D eigenvalue weighted by Crippen LogP contribution is -2.30. The Kier molecular flexibility index (Phi) is 6.84. The SMILES string of the molecule is Cc1ccc(N2C[C@@H](C(=O)Nc3ccc(Nc4nc(C)cc(N5CCCCC5)n4)cc3)CC2=O)cc1. The number of amides is 2. The second-order valence-corrected chi connectivity index (χ2v) is 9.67. The topological polar surface area (TPSA) is 90.5 Å². The molecular weight excluding hydrogens is 452 g/mol. The fourth-order valence-corrected chi connectivity index (χ4v) is 4.76. The maximum absolute atomic E-state index is 12.9. The molecular formula is C28H32N6O2. The number of nitrogens with one attached hydrogen (secondary N) is 2. The summed E-state index contributed by atoms with van der Waals surface area (Å²) in [4.78, 5) is 38.6. The van der Waals surface area contributed by atoms with Crippen LogP contribution in [-0.2, 0) is 9.59 Å². The fourth-order valence-electron chi connectivity index (χ4n) is 4.76. The molecule has 2 N–H and O–H groups in total. The minimum absolute atomic E-state index is 0.0272. The first kappa shape index (κ1) is 23.8. The first-order valence-corrected chi connectivity index (χ1v) is 12.6. The Morgan fingerprint density at radius 2 is 1.61 bits per heavy atom. The molecule has 1 aromatic heterocycles. The Morgan fingerprint density at radius 3 is 2.33 bits per heavy atom. The van der Waals surface area contributed by atoms with Crippen molar-refractivity contribution in [2.45, 2.75) is 39.5 Å². The third-order valence-electron chi connectivity index (χ3n) is 6.77. The van der Waals surface area contributed by atoms with Crippen LogP contribution in [0.15, 0.2) is 54.6 Å². The molecule has 0 aliphatic carbocycles. The number of hydrogen-bond donors (Lipinski definition) is 2. The Balaban J connectivity index is 1.20. The largest absolute Gasteiger partial charge is 0.356 e. The van der Waals surface area contributed by atoms with Gasteiger partial charge < -0.3 is 20.4 Å². The summed E-state index contributed by atoms with van der Waals surface area (Å²) in [6.45, 7) is 6.43. The summed E-state index contributed by atoms with van der Waals surface area (Å²) in [7, 11) is 0. The Morgan fingerprint density at radius 1 is 0.917 bits per heavy atom. The number of aryl methyl sites for hydroxylation is 2. The molecule has 2 saturated heterocycles. The normalized spacial score (nSPS) is 17.8. The molecule has 0 radical (unpaired) electrons. The van der Waals surface area contributed by atoms with E-state index in [1.165, 1.54) is 19.3 Å². The van der Waals surface area contributed by atoms with Gasteiger partial charge in [-0.15, -0.1) is 0 Å². The number of carbonyl (C=O) groups is 2. The average Bonchev–Trinajstić information content (AvgIpc) is 3.27. The number of piperidine rings is 1. The highest BCUT2D eigenvalue weighted by atomic mass is 16.2. The van der Waals surface area contributed by atoms with Gasteiger partial charge in [0.05, 0.1) is 5.92 Å². The van der Waals surface area contributed by atoms with E-state index < -0.39 is 0 Å². The van der Waals surface area contributed by atoms with Crippen molar-refractivity contribution in [3.05, 3.63) is 65.9 Å². The summed E-state index contributed by atoms with van der Waals surface area (Å²) in [5, 5.41) is 6.23. The number of benzene rings is 2. The molecule has 2 aliphatic rings. The molecule has 8 nitrogen and oxygen atoms in total. The number of hydrogen-bond acceptors (Lipinski definition) is 6. The molecule has 0 spiro atoms. The lowest BCUT2D eigenvalue weighted by molar-refractivity contribution is -0.122. The quantitative estimate of drug-likeness (QED) is 0.521. The molecule has 36 heavy (non-hydrogen) atoms. The summed E-state index contributed by atoms with van der Waals surface area (Å²) >= 11 is 0. The summed E-state index contributed by atoms with van der Waals surface area (Å²) in [6, 6.07) is 17.3. The van der Waals surface area contributed by atoms with E-state index in [4.69, 9.17) is 4.98 Å². The average molecular weight is 485 g/mol. The van der Waals surface area contributed by atoms with E-state index in [-0.39, 0.29) is 24.2 Å². The minimum Gasteiger partial charge on any atom is -0.356 e. The van der Waals surface area contributed by atoms with E-state index in [1.807, 2.05) is 68.4 Å². The zero-order chi connectivity index (χ0) is 25.1. The molecule has 3 heterocycles. The molecule has 0 bridgehead atoms. The Hall–Kier alpha value is -3.94. The Labute approximate surface area is 211 Å². The fraction of sp³-hybridized carbons (Fsp3) is 0.357. The van der Waals surface area contributed by atoms with Gasteiger partial charge in [-0.3, -0.25) is 9.59 Å². The molecule has 2 amide bonds. The summed E-state index contributed by atoms with van der Waals surface area (Å²) in [5.74, 6) is 0.963. The highest BCUT2D eigenvalue weighted by molar-refractivity contribution is 6.03. The second kappa shape index (κ2) is 10.4. The van der Waals surface area contributed by atoms with Crippen molar-refractivity contribution in [3.63, 3.8) is 0 Å². The molecule has 2 aliphatic heterocycles. The predicted molar refractivity (Wildman–Crippen MR) is 143 cm³/mol. The summed E-state index contributed by atoms with van der Waals surface area (Å²) < 4.78 is 0. The van der Waals surface area contributed by atoms with Crippen LogP contribution < -0.4 is 20.4 Å². The molecule has 0 unspecified atom stereocenters. The highest BCUT2D eigenvalue weighted by Crippen LogP contribution is 2.27. The van der Waals surface area contributed by atoms with Crippen molar-refractivity contribution in [2.24, 2.45) is 5.92 Å². The lowest BCUT2D eigenvalue weighted by atomic mass is 10.1. The predicted octanol–water partition coefficient (Wildman–Crippen LogP) is 4.82. The maximum Gasteiger partial charge on any atom is 0.229 e. The van der Waals surface area contributed by atoms with Gasteiger partial charge in [-0.05, 0) is 69.5 Å². The number of nitrogens with zero attached hydrogens (tertiary/aromatic N) is 4. The molecule has 8 heteroatoms. The highest BCUT2D eigenvalue weighted by Gasteiger charge is 2.35. The molecule has 5 rings (SSSR count). The second-order valence-electron chi connectivity index (χ2n) is 9.67. The van der Waals surface area contributed by atoms with Gasteiger partial charge in [0.2, 0.25) is 17.8 Å². The van der Waals surface area contributed by atoms with Crippen molar-refractivity contribution in [1.82, 2.24) is 9.97 Å². The van der Waals surface area contributed by atoms with Crippen molar-refractivity contribution in [3.8, 4) is 0 Å². The number of aromatic nitrogens is 2. The van der Waals surface area contributed by atoms with Crippen LogP contribution in [0, 0.1) is 19.8 Å². The standard InChI is InChI=1S/C28H32N6O2/c1-19-6-12-24(13-7-19)34-18-21(17-26(34)35)27(36)30-22-8-10-23(11-9-22)31-28-29-20(2)16-25(32-28)33-14-4-3-5-15-33/h6-13,16,21H,3-5,14-15,17-18H2,1-2H3,(H,30,36)(H,29,31,32)/t21-/m0/s1. The van der Waals surface area contributed by atoms with E-state index in [9.17, 15) is 9.59 Å². The van der Waals surface area contributed by atoms with Crippen LogP contribution in [0.2, 0.25) is 0 Å². The summed E-state index contributed by atoms with van der Waals surface area (Å²) in [5.41, 5.74) is 4.41. The third kappa shape index (κ3) is 5.48. The van der Waals surface area contributed by atoms with E-state index >= 15 is 0 Å². The zero-order valence-electron chi connectivity index (χ0n) is 20.8. The van der Waals surface area contributed by atoms with Gasteiger partial charge in [0.15, 0.2) is 0 Å². The van der Waals surface area contributed by atoms with E-state index in [1.54, 1.807) is 4.90 Å². The van der Waals surface area contributed by atoms with E-state index in [0.29, 0.717) is 18.2 Å². The van der Waals surface area contributed by atoms with Crippen LogP contribution in [0.5, 0.6) is 0 Å². The maximum atomic E-state index is 12.9. The van der Waals surface area contributed by atoms with Crippen molar-refractivity contribution < 1.29 is 9.59 Å². The van der Waals surface area contributed by atoms with E-state index in [2.05, 4.69) is 20.5 Å². The first-order chi connectivity index (χ1) is 17.4. The van der Waals surface area contributed by atoms with Gasteiger partial charge in [0.1, 0.15) is 5.82 Å². The molecule has 2 aromatic carbocycles. The van der Waals surface area contributed by atoms with E-state index in [0.717, 1.165) is 41.5 Å². The van der Waals surface area contributed by atoms with Crippen LogP contribution in [0.4, 0.5) is 28.8 Å². The van der Waals surface area contributed by atoms with Crippen LogP contribution in [0.3, 0.4) is 0 Å². The number of rotatable bonds is 6. The minimum atomic E-state index is -0.384. The van der Waals surface area contributed by atoms with Gasteiger partial charge in [-0.25, -0.2) is 4.98 Å². The van der Waals surface area contributed by atoms with Crippen LogP contribution in [-0.4, -0.2) is 41.4 Å². The number of anilines is 5. The zero-order valence-corrected chi connectivity index (χ0v) is 20.8. The van der Waals surface area contributed by atoms with Gasteiger partial charge >= 0.3 is 0 Å². The van der Waals surface area contributed by atoms with Gasteiger partial charge in [-0.2, -0.15) is 4.98 Å². The van der Waals surface area contributed by atoms with Crippen molar-refractivity contribution in [1.29, 1.82) is 0 Å². The van der Waals surface area contributed by atoms with Gasteiger partial charge in [0, 0.05) is 54.9 Å². The first-order valence-electron chi connectivity index (χ1n) is 12.6. The molecule has 3 aromatic rings.